The van der Waals surface area contributed by atoms with Gasteiger partial charge in [0.15, 0.2) is 11.5 Å². The van der Waals surface area contributed by atoms with Crippen LogP contribution >= 0.6 is 15.9 Å². The van der Waals surface area contributed by atoms with E-state index in [1.54, 1.807) is 18.2 Å². The van der Waals surface area contributed by atoms with Crippen LogP contribution in [0.4, 0.5) is 4.39 Å². The number of carbonyl (C=O) groups is 2. The van der Waals surface area contributed by atoms with Gasteiger partial charge in [-0.1, -0.05) is 22.0 Å². The summed E-state index contributed by atoms with van der Waals surface area (Å²) in [5.41, 5.74) is 0.578. The number of carbonyl (C=O) groups excluding carboxylic acids is 2. The summed E-state index contributed by atoms with van der Waals surface area (Å²) in [5.74, 6) is -0.568. The minimum absolute atomic E-state index is 0.110. The minimum atomic E-state index is -0.670. The Balaban J connectivity index is 1.49. The van der Waals surface area contributed by atoms with E-state index in [0.29, 0.717) is 21.5 Å². The van der Waals surface area contributed by atoms with Crippen molar-refractivity contribution in [3.8, 4) is 11.5 Å². The first-order valence-electron chi connectivity index (χ1n) is 7.30. The molecule has 6 nitrogen and oxygen atoms in total. The van der Waals surface area contributed by atoms with Gasteiger partial charge in [-0.3, -0.25) is 9.59 Å². The highest BCUT2D eigenvalue weighted by Gasteiger charge is 2.17. The number of esters is 1. The SMILES string of the molecule is O=C(CNC(=O)c1ccc2c(c1)OCO2)OCc1ccc(Br)cc1F. The Labute approximate surface area is 151 Å². The minimum Gasteiger partial charge on any atom is -0.459 e. The first kappa shape index (κ1) is 17.2. The van der Waals surface area contributed by atoms with Gasteiger partial charge in [0.25, 0.3) is 5.91 Å². The molecule has 0 aliphatic carbocycles. The first-order valence-corrected chi connectivity index (χ1v) is 8.09. The summed E-state index contributed by atoms with van der Waals surface area (Å²) < 4.78 is 29.5. The van der Waals surface area contributed by atoms with Crippen molar-refractivity contribution in [1.29, 1.82) is 0 Å². The van der Waals surface area contributed by atoms with Crippen LogP contribution in [-0.2, 0) is 16.1 Å². The molecule has 0 atom stereocenters. The summed E-state index contributed by atoms with van der Waals surface area (Å²) >= 11 is 3.15. The Morgan fingerprint density at radius 1 is 1.16 bits per heavy atom. The van der Waals surface area contributed by atoms with Crippen molar-refractivity contribution in [2.24, 2.45) is 0 Å². The molecule has 8 heteroatoms. The number of ether oxygens (including phenoxy) is 3. The topological polar surface area (TPSA) is 73.9 Å². The lowest BCUT2D eigenvalue weighted by atomic mass is 10.2. The van der Waals surface area contributed by atoms with E-state index in [-0.39, 0.29) is 25.5 Å². The third kappa shape index (κ3) is 4.27. The van der Waals surface area contributed by atoms with Crippen molar-refractivity contribution in [3.05, 3.63) is 57.8 Å². The molecule has 2 aromatic carbocycles. The van der Waals surface area contributed by atoms with E-state index in [9.17, 15) is 14.0 Å². The van der Waals surface area contributed by atoms with E-state index >= 15 is 0 Å². The zero-order valence-corrected chi connectivity index (χ0v) is 14.5. The third-order valence-electron chi connectivity index (χ3n) is 3.43. The molecule has 0 saturated heterocycles. The molecule has 0 radical (unpaired) electrons. The van der Waals surface area contributed by atoms with E-state index in [4.69, 9.17) is 14.2 Å². The van der Waals surface area contributed by atoms with Crippen LogP contribution in [0.3, 0.4) is 0 Å². The summed E-state index contributed by atoms with van der Waals surface area (Å²) in [4.78, 5) is 23.7. The molecule has 0 spiro atoms. The van der Waals surface area contributed by atoms with Crippen molar-refractivity contribution >= 4 is 27.8 Å². The van der Waals surface area contributed by atoms with E-state index in [1.807, 2.05) is 0 Å². The zero-order valence-electron chi connectivity index (χ0n) is 12.9. The molecular weight excluding hydrogens is 397 g/mol. The molecule has 0 unspecified atom stereocenters. The van der Waals surface area contributed by atoms with Gasteiger partial charge < -0.3 is 19.5 Å². The van der Waals surface area contributed by atoms with Crippen LogP contribution in [0, 0.1) is 5.82 Å². The smallest absolute Gasteiger partial charge is 0.325 e. The number of hydrogen-bond donors (Lipinski definition) is 1. The fourth-order valence-electron chi connectivity index (χ4n) is 2.14. The van der Waals surface area contributed by atoms with E-state index < -0.39 is 17.7 Å². The van der Waals surface area contributed by atoms with Crippen LogP contribution in [-0.4, -0.2) is 25.2 Å². The fourth-order valence-corrected chi connectivity index (χ4v) is 2.47. The Kier molecular flexibility index (Phi) is 5.18. The van der Waals surface area contributed by atoms with Crippen LogP contribution in [0.2, 0.25) is 0 Å². The first-order chi connectivity index (χ1) is 12.0. The van der Waals surface area contributed by atoms with Gasteiger partial charge >= 0.3 is 5.97 Å². The Bertz CT molecular complexity index is 827. The monoisotopic (exact) mass is 409 g/mol. The van der Waals surface area contributed by atoms with Crippen molar-refractivity contribution in [2.45, 2.75) is 6.61 Å². The molecule has 1 N–H and O–H groups in total. The molecule has 0 fully saturated rings. The molecule has 130 valence electrons. The second kappa shape index (κ2) is 7.52. The number of nitrogens with one attached hydrogen (secondary N) is 1. The summed E-state index contributed by atoms with van der Waals surface area (Å²) in [6.07, 6.45) is 0. The molecule has 25 heavy (non-hydrogen) atoms. The van der Waals surface area contributed by atoms with Gasteiger partial charge in [-0.15, -0.1) is 0 Å². The number of benzene rings is 2. The largest absolute Gasteiger partial charge is 0.459 e. The molecule has 0 saturated carbocycles. The van der Waals surface area contributed by atoms with Gasteiger partial charge in [0.1, 0.15) is 19.0 Å². The quantitative estimate of drug-likeness (QED) is 0.768. The van der Waals surface area contributed by atoms with Crippen molar-refractivity contribution in [2.75, 3.05) is 13.3 Å². The lowest BCUT2D eigenvalue weighted by molar-refractivity contribution is -0.143. The highest BCUT2D eigenvalue weighted by Crippen LogP contribution is 2.32. The zero-order chi connectivity index (χ0) is 17.8. The van der Waals surface area contributed by atoms with Crippen LogP contribution in [0.25, 0.3) is 0 Å². The van der Waals surface area contributed by atoms with Crippen molar-refractivity contribution in [1.82, 2.24) is 5.32 Å². The van der Waals surface area contributed by atoms with Gasteiger partial charge in [0.2, 0.25) is 6.79 Å². The van der Waals surface area contributed by atoms with Crippen molar-refractivity contribution < 1.29 is 28.2 Å². The van der Waals surface area contributed by atoms with E-state index in [0.717, 1.165) is 0 Å². The average Bonchev–Trinajstić information content (AvgIpc) is 3.06. The van der Waals surface area contributed by atoms with Gasteiger partial charge in [-0.2, -0.15) is 0 Å². The Morgan fingerprint density at radius 2 is 1.96 bits per heavy atom. The second-order valence-corrected chi connectivity index (χ2v) is 6.06. The normalized spacial score (nSPS) is 11.9. The fraction of sp³-hybridized carbons (Fsp3) is 0.176. The highest BCUT2D eigenvalue weighted by molar-refractivity contribution is 9.10. The number of halogens is 2. The predicted octanol–water partition coefficient (Wildman–Crippen LogP) is 2.79. The van der Waals surface area contributed by atoms with Gasteiger partial charge in [-0.25, -0.2) is 4.39 Å². The van der Waals surface area contributed by atoms with E-state index in [1.165, 1.54) is 18.2 Å². The molecule has 0 bridgehead atoms. The predicted molar refractivity (Wildman–Crippen MR) is 88.8 cm³/mol. The van der Waals surface area contributed by atoms with Crippen LogP contribution in [0.5, 0.6) is 11.5 Å². The maximum absolute atomic E-state index is 13.6. The summed E-state index contributed by atoms with van der Waals surface area (Å²) in [5, 5.41) is 2.44. The molecule has 3 rings (SSSR count). The van der Waals surface area contributed by atoms with Gasteiger partial charge in [0, 0.05) is 15.6 Å². The van der Waals surface area contributed by atoms with Gasteiger partial charge in [0.05, 0.1) is 0 Å². The number of amides is 1. The van der Waals surface area contributed by atoms with Crippen LogP contribution in [0.1, 0.15) is 15.9 Å². The lowest BCUT2D eigenvalue weighted by Gasteiger charge is -2.08. The molecule has 1 heterocycles. The highest BCUT2D eigenvalue weighted by atomic mass is 79.9. The maximum Gasteiger partial charge on any atom is 0.325 e. The molecule has 1 aliphatic heterocycles. The summed E-state index contributed by atoms with van der Waals surface area (Å²) in [7, 11) is 0. The van der Waals surface area contributed by atoms with E-state index in [2.05, 4.69) is 21.2 Å². The Morgan fingerprint density at radius 3 is 2.76 bits per heavy atom. The summed E-state index contributed by atoms with van der Waals surface area (Å²) in [6, 6.07) is 9.15. The number of fused-ring (bicyclic) bond motifs is 1. The van der Waals surface area contributed by atoms with Gasteiger partial charge in [-0.05, 0) is 30.3 Å². The molecule has 1 amide bonds. The second-order valence-electron chi connectivity index (χ2n) is 5.15. The maximum atomic E-state index is 13.6. The molecule has 0 aromatic heterocycles. The number of hydrogen-bond acceptors (Lipinski definition) is 5. The lowest BCUT2D eigenvalue weighted by Crippen LogP contribution is -2.30. The van der Waals surface area contributed by atoms with Crippen LogP contribution < -0.4 is 14.8 Å². The third-order valence-corrected chi connectivity index (χ3v) is 3.93. The van der Waals surface area contributed by atoms with Crippen LogP contribution in [0.15, 0.2) is 40.9 Å². The standard InChI is InChI=1S/C17H13BrFNO5/c18-12-3-1-11(13(19)6-12)8-23-16(21)7-20-17(22)10-2-4-14-15(5-10)25-9-24-14/h1-6H,7-9H2,(H,20,22). The summed E-state index contributed by atoms with van der Waals surface area (Å²) in [6.45, 7) is -0.428. The molecular formula is C17H13BrFNO5. The molecule has 2 aromatic rings. The Hall–Kier alpha value is -2.61. The average molecular weight is 410 g/mol. The molecule has 1 aliphatic rings. The number of rotatable bonds is 5. The van der Waals surface area contributed by atoms with Crippen molar-refractivity contribution in [3.63, 3.8) is 0 Å².